The first-order chi connectivity index (χ1) is 13.5. The maximum Gasteiger partial charge on any atom is 0.254 e. The van der Waals surface area contributed by atoms with E-state index >= 15 is 0 Å². The highest BCUT2D eigenvalue weighted by atomic mass is 35.5. The molecule has 1 saturated heterocycles. The van der Waals surface area contributed by atoms with Gasteiger partial charge in [0.15, 0.2) is 5.65 Å². The molecule has 1 aliphatic heterocycles. The predicted octanol–water partition coefficient (Wildman–Crippen LogP) is 4.32. The Kier molecular flexibility index (Phi) is 4.96. The van der Waals surface area contributed by atoms with E-state index in [4.69, 9.17) is 28.5 Å². The summed E-state index contributed by atoms with van der Waals surface area (Å²) in [5, 5.41) is 15.1. The molecule has 0 N–H and O–H groups in total. The monoisotopic (exact) mass is 413 g/mol. The summed E-state index contributed by atoms with van der Waals surface area (Å²) in [5.74, 6) is -0.0635. The third-order valence-corrected chi connectivity index (χ3v) is 5.66. The van der Waals surface area contributed by atoms with Gasteiger partial charge < -0.3 is 4.90 Å². The van der Waals surface area contributed by atoms with Gasteiger partial charge in [0.05, 0.1) is 33.9 Å². The number of nitriles is 1. The molecule has 8 heteroatoms. The lowest BCUT2D eigenvalue weighted by atomic mass is 9.97. The van der Waals surface area contributed by atoms with E-state index < -0.39 is 0 Å². The van der Waals surface area contributed by atoms with E-state index in [0.717, 1.165) is 0 Å². The average Bonchev–Trinajstić information content (AvgIpc) is 3.08. The molecule has 1 aromatic carbocycles. The zero-order chi connectivity index (χ0) is 19.8. The van der Waals surface area contributed by atoms with Crippen molar-refractivity contribution in [2.45, 2.75) is 12.8 Å². The lowest BCUT2D eigenvalue weighted by Crippen LogP contribution is -2.38. The Morgan fingerprint density at radius 3 is 2.68 bits per heavy atom. The van der Waals surface area contributed by atoms with Crippen LogP contribution in [0.5, 0.6) is 0 Å². The number of benzene rings is 1. The van der Waals surface area contributed by atoms with Gasteiger partial charge in [-0.15, -0.1) is 0 Å². The normalized spacial score (nSPS) is 15.0. The smallest absolute Gasteiger partial charge is 0.254 e. The molecule has 0 saturated carbocycles. The Bertz CT molecular complexity index is 1110. The summed E-state index contributed by atoms with van der Waals surface area (Å²) in [7, 11) is 1.79. The van der Waals surface area contributed by atoms with Crippen LogP contribution in [0.1, 0.15) is 23.2 Å². The summed E-state index contributed by atoms with van der Waals surface area (Å²) in [5.41, 5.74) is 2.44. The third-order valence-electron chi connectivity index (χ3n) is 5.11. The quantitative estimate of drug-likeness (QED) is 0.626. The predicted molar refractivity (Wildman–Crippen MR) is 108 cm³/mol. The van der Waals surface area contributed by atoms with Gasteiger partial charge in [-0.1, -0.05) is 23.2 Å². The molecule has 0 aliphatic carbocycles. The van der Waals surface area contributed by atoms with Gasteiger partial charge >= 0.3 is 0 Å². The van der Waals surface area contributed by atoms with Gasteiger partial charge in [0.25, 0.3) is 5.91 Å². The molecule has 0 radical (unpaired) electrons. The van der Waals surface area contributed by atoms with E-state index in [1.807, 2.05) is 0 Å². The summed E-state index contributed by atoms with van der Waals surface area (Å²) in [6.07, 6.45) is 3.05. The van der Waals surface area contributed by atoms with Crippen LogP contribution >= 0.6 is 23.2 Å². The lowest BCUT2D eigenvalue weighted by molar-refractivity contribution is 0.0709. The first-order valence-electron chi connectivity index (χ1n) is 8.95. The first kappa shape index (κ1) is 18.7. The number of carbonyl (C=O) groups excluding carboxylic acids is 1. The molecule has 3 aromatic rings. The highest BCUT2D eigenvalue weighted by Crippen LogP contribution is 2.32. The number of pyridine rings is 1. The summed E-state index contributed by atoms with van der Waals surface area (Å²) in [6.45, 7) is 1.14. The molecule has 6 nitrogen and oxygen atoms in total. The third kappa shape index (κ3) is 3.32. The number of halogens is 2. The first-order valence-corrected chi connectivity index (χ1v) is 9.70. The molecule has 142 valence electrons. The SMILES string of the molecule is Cn1ncc2c(C(=O)N3CCC(C#N)CC3)cc(-c3ccc(Cl)cc3Cl)nc21. The van der Waals surface area contributed by atoms with Crippen molar-refractivity contribution in [2.75, 3.05) is 13.1 Å². The second-order valence-electron chi connectivity index (χ2n) is 6.88. The highest BCUT2D eigenvalue weighted by Gasteiger charge is 2.26. The summed E-state index contributed by atoms with van der Waals surface area (Å²) in [4.78, 5) is 19.7. The Hall–Kier alpha value is -2.62. The lowest BCUT2D eigenvalue weighted by Gasteiger charge is -2.29. The minimum atomic E-state index is -0.0804. The number of amides is 1. The molecule has 0 bridgehead atoms. The van der Waals surface area contributed by atoms with Crippen molar-refractivity contribution in [3.8, 4) is 17.3 Å². The maximum absolute atomic E-state index is 13.3. The summed E-state index contributed by atoms with van der Waals surface area (Å²) >= 11 is 12.4. The molecule has 3 heterocycles. The standard InChI is InChI=1S/C20H17Cl2N5O/c1-26-19-16(11-24-26)15(20(28)27-6-4-12(10-23)5-7-27)9-18(25-19)14-3-2-13(21)8-17(14)22/h2-3,8-9,11-12H,4-7H2,1H3. The molecular formula is C20H17Cl2N5O. The van der Waals surface area contributed by atoms with Gasteiger partial charge in [0.1, 0.15) is 0 Å². The van der Waals surface area contributed by atoms with Crippen molar-refractivity contribution in [3.05, 3.63) is 46.1 Å². The number of aromatic nitrogens is 3. The fraction of sp³-hybridized carbons (Fsp3) is 0.300. The van der Waals surface area contributed by atoms with Gasteiger partial charge in [0, 0.05) is 36.6 Å². The Balaban J connectivity index is 1.79. The van der Waals surface area contributed by atoms with Crippen LogP contribution in [0.15, 0.2) is 30.5 Å². The van der Waals surface area contributed by atoms with Crippen molar-refractivity contribution >= 4 is 40.1 Å². The molecule has 4 rings (SSSR count). The van der Waals surface area contributed by atoms with Crippen LogP contribution in [0.2, 0.25) is 10.0 Å². The topological polar surface area (TPSA) is 74.8 Å². The number of aryl methyl sites for hydroxylation is 1. The minimum Gasteiger partial charge on any atom is -0.339 e. The van der Waals surface area contributed by atoms with Crippen LogP contribution in [0.3, 0.4) is 0 Å². The molecular weight excluding hydrogens is 397 g/mol. The van der Waals surface area contributed by atoms with Crippen LogP contribution in [0.4, 0.5) is 0 Å². The fourth-order valence-electron chi connectivity index (χ4n) is 3.51. The average molecular weight is 414 g/mol. The zero-order valence-electron chi connectivity index (χ0n) is 15.2. The Morgan fingerprint density at radius 2 is 2.00 bits per heavy atom. The van der Waals surface area contributed by atoms with E-state index in [1.54, 1.807) is 47.1 Å². The summed E-state index contributed by atoms with van der Waals surface area (Å²) in [6, 6.07) is 9.24. The zero-order valence-corrected chi connectivity index (χ0v) is 16.7. The van der Waals surface area contributed by atoms with Crippen LogP contribution in [0.25, 0.3) is 22.3 Å². The molecule has 1 fully saturated rings. The van der Waals surface area contributed by atoms with E-state index in [2.05, 4.69) is 16.2 Å². The minimum absolute atomic E-state index is 0.0170. The maximum atomic E-state index is 13.3. The molecule has 0 unspecified atom stereocenters. The Morgan fingerprint density at radius 1 is 1.25 bits per heavy atom. The molecule has 28 heavy (non-hydrogen) atoms. The number of piperidine rings is 1. The van der Waals surface area contributed by atoms with Gasteiger partial charge in [-0.3, -0.25) is 9.48 Å². The highest BCUT2D eigenvalue weighted by molar-refractivity contribution is 6.36. The van der Waals surface area contributed by atoms with E-state index in [9.17, 15) is 4.79 Å². The van der Waals surface area contributed by atoms with Crippen molar-refractivity contribution < 1.29 is 4.79 Å². The van der Waals surface area contributed by atoms with E-state index in [1.165, 1.54) is 0 Å². The number of hydrogen-bond acceptors (Lipinski definition) is 4. The number of fused-ring (bicyclic) bond motifs is 1. The van der Waals surface area contributed by atoms with Crippen LogP contribution in [-0.2, 0) is 7.05 Å². The van der Waals surface area contributed by atoms with Gasteiger partial charge in [-0.2, -0.15) is 10.4 Å². The van der Waals surface area contributed by atoms with Crippen molar-refractivity contribution in [3.63, 3.8) is 0 Å². The van der Waals surface area contributed by atoms with Crippen molar-refractivity contribution in [1.29, 1.82) is 5.26 Å². The van der Waals surface area contributed by atoms with Crippen LogP contribution in [-0.4, -0.2) is 38.7 Å². The molecule has 1 aliphatic rings. The van der Waals surface area contributed by atoms with Gasteiger partial charge in [0.2, 0.25) is 0 Å². The Labute approximate surface area is 172 Å². The van der Waals surface area contributed by atoms with E-state index in [0.29, 0.717) is 63.8 Å². The number of nitrogens with zero attached hydrogens (tertiary/aromatic N) is 5. The fourth-order valence-corrected chi connectivity index (χ4v) is 4.01. The molecule has 0 atom stereocenters. The number of rotatable bonds is 2. The van der Waals surface area contributed by atoms with Crippen LogP contribution < -0.4 is 0 Å². The molecule has 0 spiro atoms. The second-order valence-corrected chi connectivity index (χ2v) is 7.72. The van der Waals surface area contributed by atoms with Crippen molar-refractivity contribution in [2.24, 2.45) is 13.0 Å². The molecule has 1 amide bonds. The van der Waals surface area contributed by atoms with Crippen LogP contribution in [0, 0.1) is 17.2 Å². The number of likely N-dealkylation sites (tertiary alicyclic amines) is 1. The molecule has 2 aromatic heterocycles. The van der Waals surface area contributed by atoms with Gasteiger partial charge in [-0.05, 0) is 37.1 Å². The van der Waals surface area contributed by atoms with Crippen molar-refractivity contribution in [1.82, 2.24) is 19.7 Å². The summed E-state index contributed by atoms with van der Waals surface area (Å²) < 4.78 is 1.64. The number of hydrogen-bond donors (Lipinski definition) is 0. The van der Waals surface area contributed by atoms with Gasteiger partial charge in [-0.25, -0.2) is 4.98 Å². The second kappa shape index (κ2) is 7.42. The largest absolute Gasteiger partial charge is 0.339 e. The van der Waals surface area contributed by atoms with E-state index in [-0.39, 0.29) is 11.8 Å². The number of carbonyl (C=O) groups is 1.